The van der Waals surface area contributed by atoms with Crippen LogP contribution in [0.5, 0.6) is 0 Å². The van der Waals surface area contributed by atoms with Crippen molar-refractivity contribution in [2.45, 2.75) is 0 Å². The summed E-state index contributed by atoms with van der Waals surface area (Å²) < 4.78 is 6.36. The first kappa shape index (κ1) is 25.4. The van der Waals surface area contributed by atoms with Crippen LogP contribution in [0.2, 0.25) is 0 Å². The predicted molar refractivity (Wildman–Crippen MR) is 184 cm³/mol. The average molecular weight is 576 g/mol. The molecule has 7 aromatic carbocycles. The van der Waals surface area contributed by atoms with E-state index in [1.165, 1.54) is 10.8 Å². The van der Waals surface area contributed by atoms with Gasteiger partial charge in [-0.05, 0) is 63.0 Å². The highest BCUT2D eigenvalue weighted by atomic mass is 16.3. The van der Waals surface area contributed by atoms with E-state index in [2.05, 4.69) is 127 Å². The molecule has 0 saturated carbocycles. The van der Waals surface area contributed by atoms with Crippen LogP contribution in [-0.4, -0.2) is 15.0 Å². The molecule has 2 aromatic heterocycles. The normalized spacial score (nSPS) is 11.6. The monoisotopic (exact) mass is 575 g/mol. The Hall–Kier alpha value is -6.13. The molecule has 210 valence electrons. The zero-order valence-electron chi connectivity index (χ0n) is 24.2. The van der Waals surface area contributed by atoms with Crippen LogP contribution in [0.15, 0.2) is 156 Å². The lowest BCUT2D eigenvalue weighted by molar-refractivity contribution is 0.669. The zero-order chi connectivity index (χ0) is 29.7. The summed E-state index contributed by atoms with van der Waals surface area (Å²) in [6.45, 7) is 0. The summed E-state index contributed by atoms with van der Waals surface area (Å²) in [4.78, 5) is 15.4. The molecule has 45 heavy (non-hydrogen) atoms. The standard InChI is InChI=1S/C41H25N3O/c1-2-12-28(13-3-1)34-24-35-33-16-8-9-17-37(33)45-38(35)25-36(34)41-43-39(31-20-18-26-10-4-6-14-29(26)22-31)42-40(44-41)32-21-19-27-11-5-7-15-30(27)23-32/h1-25H. The highest BCUT2D eigenvalue weighted by Gasteiger charge is 2.19. The molecule has 0 aliphatic rings. The number of rotatable bonds is 4. The lowest BCUT2D eigenvalue weighted by Crippen LogP contribution is -2.01. The van der Waals surface area contributed by atoms with Gasteiger partial charge < -0.3 is 4.42 Å². The van der Waals surface area contributed by atoms with Crippen LogP contribution < -0.4 is 0 Å². The summed E-state index contributed by atoms with van der Waals surface area (Å²) in [7, 11) is 0. The van der Waals surface area contributed by atoms with E-state index in [4.69, 9.17) is 19.4 Å². The molecular weight excluding hydrogens is 550 g/mol. The van der Waals surface area contributed by atoms with E-state index in [1.54, 1.807) is 0 Å². The van der Waals surface area contributed by atoms with Crippen LogP contribution in [0.3, 0.4) is 0 Å². The van der Waals surface area contributed by atoms with E-state index in [0.29, 0.717) is 17.5 Å². The molecule has 0 aliphatic heterocycles. The lowest BCUT2D eigenvalue weighted by atomic mass is 9.96. The third-order valence-electron chi connectivity index (χ3n) is 8.49. The Morgan fingerprint density at radius 1 is 0.333 bits per heavy atom. The number of hydrogen-bond acceptors (Lipinski definition) is 4. The molecule has 0 spiro atoms. The molecule has 0 fully saturated rings. The fourth-order valence-corrected chi connectivity index (χ4v) is 6.22. The Balaban J connectivity index is 1.33. The maximum absolute atomic E-state index is 6.36. The molecule has 9 aromatic rings. The van der Waals surface area contributed by atoms with E-state index >= 15 is 0 Å². The van der Waals surface area contributed by atoms with Crippen molar-refractivity contribution in [1.82, 2.24) is 15.0 Å². The van der Waals surface area contributed by atoms with Gasteiger partial charge in [0.2, 0.25) is 0 Å². The lowest BCUT2D eigenvalue weighted by Gasteiger charge is -2.13. The SMILES string of the molecule is c1ccc(-c2cc3c(cc2-c2nc(-c4ccc5ccccc5c4)nc(-c4ccc5ccccc5c4)n2)oc2ccccc23)cc1. The van der Waals surface area contributed by atoms with Gasteiger partial charge in [-0.3, -0.25) is 0 Å². The number of benzene rings is 7. The van der Waals surface area contributed by atoms with Gasteiger partial charge in [0.25, 0.3) is 0 Å². The van der Waals surface area contributed by atoms with E-state index in [1.807, 2.05) is 24.3 Å². The summed E-state index contributed by atoms with van der Waals surface area (Å²) >= 11 is 0. The number of nitrogens with zero attached hydrogens (tertiary/aromatic N) is 3. The quantitative estimate of drug-likeness (QED) is 0.209. The molecule has 4 heteroatoms. The van der Waals surface area contributed by atoms with Crippen molar-refractivity contribution in [3.63, 3.8) is 0 Å². The number of para-hydroxylation sites is 1. The minimum atomic E-state index is 0.595. The topological polar surface area (TPSA) is 51.8 Å². The van der Waals surface area contributed by atoms with Crippen LogP contribution in [0, 0.1) is 0 Å². The van der Waals surface area contributed by atoms with Gasteiger partial charge in [-0.2, -0.15) is 0 Å². The maximum Gasteiger partial charge on any atom is 0.164 e. The van der Waals surface area contributed by atoms with Crippen LogP contribution >= 0.6 is 0 Å². The van der Waals surface area contributed by atoms with Gasteiger partial charge in [0.15, 0.2) is 17.5 Å². The molecule has 4 nitrogen and oxygen atoms in total. The summed E-state index contributed by atoms with van der Waals surface area (Å²) in [6.07, 6.45) is 0. The molecule has 0 saturated heterocycles. The minimum Gasteiger partial charge on any atom is -0.456 e. The summed E-state index contributed by atoms with van der Waals surface area (Å²) in [5.41, 5.74) is 6.53. The van der Waals surface area contributed by atoms with E-state index in [9.17, 15) is 0 Å². The van der Waals surface area contributed by atoms with Crippen LogP contribution in [0.25, 0.3) is 88.8 Å². The van der Waals surface area contributed by atoms with Crippen LogP contribution in [0.1, 0.15) is 0 Å². The molecule has 2 heterocycles. The van der Waals surface area contributed by atoms with Crippen molar-refractivity contribution >= 4 is 43.5 Å². The van der Waals surface area contributed by atoms with E-state index in [-0.39, 0.29) is 0 Å². The van der Waals surface area contributed by atoms with E-state index in [0.717, 1.165) is 60.5 Å². The predicted octanol–water partition coefficient (Wildman–Crippen LogP) is 10.7. The van der Waals surface area contributed by atoms with Gasteiger partial charge in [-0.15, -0.1) is 0 Å². The minimum absolute atomic E-state index is 0.595. The third-order valence-corrected chi connectivity index (χ3v) is 8.49. The number of hydrogen-bond donors (Lipinski definition) is 0. The highest BCUT2D eigenvalue weighted by molar-refractivity contribution is 6.08. The van der Waals surface area contributed by atoms with Crippen molar-refractivity contribution in [1.29, 1.82) is 0 Å². The number of fused-ring (bicyclic) bond motifs is 5. The molecule has 0 unspecified atom stereocenters. The second-order valence-electron chi connectivity index (χ2n) is 11.3. The maximum atomic E-state index is 6.36. The van der Waals surface area contributed by atoms with Crippen molar-refractivity contribution in [2.24, 2.45) is 0 Å². The summed E-state index contributed by atoms with van der Waals surface area (Å²) in [5, 5.41) is 6.77. The van der Waals surface area contributed by atoms with Gasteiger partial charge in [0.05, 0.1) is 0 Å². The Morgan fingerprint density at radius 2 is 0.889 bits per heavy atom. The largest absolute Gasteiger partial charge is 0.456 e. The molecule has 0 N–H and O–H groups in total. The average Bonchev–Trinajstić information content (AvgIpc) is 3.48. The Morgan fingerprint density at radius 3 is 1.56 bits per heavy atom. The molecule has 0 aliphatic carbocycles. The van der Waals surface area contributed by atoms with Crippen molar-refractivity contribution in [2.75, 3.05) is 0 Å². The first-order valence-electron chi connectivity index (χ1n) is 15.0. The number of aromatic nitrogens is 3. The van der Waals surface area contributed by atoms with Crippen LogP contribution in [-0.2, 0) is 0 Å². The van der Waals surface area contributed by atoms with Gasteiger partial charge in [-0.25, -0.2) is 15.0 Å². The second kappa shape index (κ2) is 10.2. The number of furan rings is 1. The molecule has 0 radical (unpaired) electrons. The van der Waals surface area contributed by atoms with Gasteiger partial charge in [0.1, 0.15) is 11.2 Å². The second-order valence-corrected chi connectivity index (χ2v) is 11.3. The van der Waals surface area contributed by atoms with E-state index < -0.39 is 0 Å². The Labute approximate surface area is 259 Å². The van der Waals surface area contributed by atoms with Crippen molar-refractivity contribution in [3.05, 3.63) is 152 Å². The van der Waals surface area contributed by atoms with Gasteiger partial charge in [-0.1, -0.05) is 121 Å². The van der Waals surface area contributed by atoms with Crippen molar-refractivity contribution in [3.8, 4) is 45.3 Å². The van der Waals surface area contributed by atoms with Gasteiger partial charge in [0, 0.05) is 27.5 Å². The third kappa shape index (κ3) is 4.43. The summed E-state index contributed by atoms with van der Waals surface area (Å²) in [5.74, 6) is 1.84. The first-order valence-corrected chi connectivity index (χ1v) is 15.0. The molecule has 9 rings (SSSR count). The zero-order valence-corrected chi connectivity index (χ0v) is 24.2. The highest BCUT2D eigenvalue weighted by Crippen LogP contribution is 2.39. The summed E-state index contributed by atoms with van der Waals surface area (Å²) in [6, 6.07) is 52.3. The Kier molecular flexibility index (Phi) is 5.78. The van der Waals surface area contributed by atoms with Crippen LogP contribution in [0.4, 0.5) is 0 Å². The Bertz CT molecular complexity index is 2450. The fourth-order valence-electron chi connectivity index (χ4n) is 6.22. The van der Waals surface area contributed by atoms with Crippen molar-refractivity contribution < 1.29 is 4.42 Å². The smallest absolute Gasteiger partial charge is 0.164 e. The first-order chi connectivity index (χ1) is 22.3. The molecule has 0 amide bonds. The van der Waals surface area contributed by atoms with Gasteiger partial charge >= 0.3 is 0 Å². The fraction of sp³-hybridized carbons (Fsp3) is 0. The molecule has 0 bridgehead atoms. The molecular formula is C41H25N3O. The molecule has 0 atom stereocenters.